The van der Waals surface area contributed by atoms with Crippen LogP contribution in [0.5, 0.6) is 11.5 Å². The average molecular weight is 332 g/mol. The van der Waals surface area contributed by atoms with Crippen LogP contribution in [-0.2, 0) is 17.9 Å². The van der Waals surface area contributed by atoms with Crippen LogP contribution in [0.4, 0.5) is 0 Å². The molecule has 0 aliphatic heterocycles. The highest BCUT2D eigenvalue weighted by atomic mass is 32.1. The van der Waals surface area contributed by atoms with Gasteiger partial charge in [-0.3, -0.25) is 4.79 Å². The van der Waals surface area contributed by atoms with E-state index in [2.05, 4.69) is 11.6 Å². The number of thiazole rings is 1. The fraction of sp³-hybridized carbons (Fsp3) is 0.294. The van der Waals surface area contributed by atoms with Gasteiger partial charge in [0.15, 0.2) is 0 Å². The molecular weight excluding hydrogens is 312 g/mol. The van der Waals surface area contributed by atoms with Crippen LogP contribution in [-0.4, -0.2) is 29.4 Å². The Kier molecular flexibility index (Phi) is 6.17. The molecule has 0 fully saturated rings. The number of carbonyl (C=O) groups excluding carboxylic acids is 1. The minimum absolute atomic E-state index is 0.00827. The van der Waals surface area contributed by atoms with Gasteiger partial charge < -0.3 is 14.4 Å². The van der Waals surface area contributed by atoms with E-state index in [1.54, 1.807) is 25.0 Å². The summed E-state index contributed by atoms with van der Waals surface area (Å²) in [4.78, 5) is 17.7. The second kappa shape index (κ2) is 8.33. The standard InChI is InChI=1S/C17H20N2O3S/c1-4-9-19(13(2)20)10-14-12-23-17(18-14)11-22-16-7-5-15(21-3)6-8-16/h4-8,12H,1,9-11H2,2-3H3. The predicted molar refractivity (Wildman–Crippen MR) is 90.7 cm³/mol. The van der Waals surface area contributed by atoms with E-state index < -0.39 is 0 Å². The maximum atomic E-state index is 11.5. The van der Waals surface area contributed by atoms with Gasteiger partial charge in [-0.15, -0.1) is 17.9 Å². The fourth-order valence-corrected chi connectivity index (χ4v) is 2.66. The van der Waals surface area contributed by atoms with E-state index in [-0.39, 0.29) is 5.91 Å². The molecule has 0 saturated heterocycles. The molecule has 6 heteroatoms. The van der Waals surface area contributed by atoms with Crippen molar-refractivity contribution in [1.82, 2.24) is 9.88 Å². The Morgan fingerprint density at radius 2 is 2.04 bits per heavy atom. The molecule has 0 spiro atoms. The third-order valence-electron chi connectivity index (χ3n) is 3.17. The number of hydrogen-bond donors (Lipinski definition) is 0. The Balaban J connectivity index is 1.90. The molecule has 0 saturated carbocycles. The molecule has 0 bridgehead atoms. The van der Waals surface area contributed by atoms with E-state index in [4.69, 9.17) is 9.47 Å². The van der Waals surface area contributed by atoms with E-state index in [1.807, 2.05) is 29.6 Å². The highest BCUT2D eigenvalue weighted by Gasteiger charge is 2.10. The van der Waals surface area contributed by atoms with Crippen molar-refractivity contribution in [2.24, 2.45) is 0 Å². The Morgan fingerprint density at radius 3 is 2.65 bits per heavy atom. The van der Waals surface area contributed by atoms with Crippen molar-refractivity contribution in [2.45, 2.75) is 20.1 Å². The SMILES string of the molecule is C=CCN(Cc1csc(COc2ccc(OC)cc2)n1)C(C)=O. The zero-order valence-corrected chi connectivity index (χ0v) is 14.1. The van der Waals surface area contributed by atoms with E-state index in [0.29, 0.717) is 19.7 Å². The summed E-state index contributed by atoms with van der Waals surface area (Å²) in [6, 6.07) is 7.41. The first-order valence-electron chi connectivity index (χ1n) is 7.19. The number of ether oxygens (including phenoxy) is 2. The van der Waals surface area contributed by atoms with Gasteiger partial charge in [-0.05, 0) is 24.3 Å². The van der Waals surface area contributed by atoms with Crippen molar-refractivity contribution in [3.05, 3.63) is 53.0 Å². The second-order valence-corrected chi connectivity index (χ2v) is 5.83. The van der Waals surface area contributed by atoms with Crippen LogP contribution in [0.15, 0.2) is 42.3 Å². The molecule has 2 rings (SSSR count). The number of benzene rings is 1. The van der Waals surface area contributed by atoms with Crippen LogP contribution in [0.3, 0.4) is 0 Å². The molecule has 1 amide bonds. The topological polar surface area (TPSA) is 51.7 Å². The molecule has 0 unspecified atom stereocenters. The molecule has 5 nitrogen and oxygen atoms in total. The molecule has 1 aromatic heterocycles. The fourth-order valence-electron chi connectivity index (χ4n) is 1.96. The van der Waals surface area contributed by atoms with Gasteiger partial charge in [-0.2, -0.15) is 0 Å². The molecule has 0 aliphatic rings. The number of rotatable bonds is 8. The van der Waals surface area contributed by atoms with Crippen LogP contribution >= 0.6 is 11.3 Å². The Hall–Kier alpha value is -2.34. The van der Waals surface area contributed by atoms with Gasteiger partial charge in [0, 0.05) is 18.8 Å². The lowest BCUT2D eigenvalue weighted by atomic mass is 10.3. The van der Waals surface area contributed by atoms with E-state index in [9.17, 15) is 4.79 Å². The van der Waals surface area contributed by atoms with Crippen LogP contribution in [0, 0.1) is 0 Å². The number of aromatic nitrogens is 1. The van der Waals surface area contributed by atoms with Gasteiger partial charge >= 0.3 is 0 Å². The van der Waals surface area contributed by atoms with Crippen molar-refractivity contribution < 1.29 is 14.3 Å². The van der Waals surface area contributed by atoms with Gasteiger partial charge in [0.2, 0.25) is 5.91 Å². The molecule has 23 heavy (non-hydrogen) atoms. The number of methoxy groups -OCH3 is 1. The first kappa shape index (κ1) is 17.0. The molecule has 0 radical (unpaired) electrons. The van der Waals surface area contributed by atoms with Crippen molar-refractivity contribution in [1.29, 1.82) is 0 Å². The lowest BCUT2D eigenvalue weighted by Gasteiger charge is -2.17. The van der Waals surface area contributed by atoms with E-state index >= 15 is 0 Å². The number of hydrogen-bond acceptors (Lipinski definition) is 5. The van der Waals surface area contributed by atoms with Crippen LogP contribution < -0.4 is 9.47 Å². The highest BCUT2D eigenvalue weighted by molar-refractivity contribution is 7.09. The Morgan fingerprint density at radius 1 is 1.35 bits per heavy atom. The van der Waals surface area contributed by atoms with Gasteiger partial charge in [-0.25, -0.2) is 4.98 Å². The Bertz CT molecular complexity index is 652. The van der Waals surface area contributed by atoms with Crippen molar-refractivity contribution in [3.63, 3.8) is 0 Å². The molecular formula is C17H20N2O3S. The molecule has 122 valence electrons. The van der Waals surface area contributed by atoms with Crippen LogP contribution in [0.2, 0.25) is 0 Å². The summed E-state index contributed by atoms with van der Waals surface area (Å²) in [6.07, 6.45) is 1.71. The highest BCUT2D eigenvalue weighted by Crippen LogP contribution is 2.19. The first-order valence-corrected chi connectivity index (χ1v) is 8.07. The van der Waals surface area contributed by atoms with Crippen molar-refractivity contribution in [3.8, 4) is 11.5 Å². The maximum absolute atomic E-state index is 11.5. The summed E-state index contributed by atoms with van der Waals surface area (Å²) in [5.41, 5.74) is 0.861. The van der Waals surface area contributed by atoms with Crippen LogP contribution in [0.25, 0.3) is 0 Å². The lowest BCUT2D eigenvalue weighted by molar-refractivity contribution is -0.128. The third-order valence-corrected chi connectivity index (χ3v) is 4.04. The number of carbonyl (C=O) groups is 1. The van der Waals surface area contributed by atoms with Gasteiger partial charge in [0.25, 0.3) is 0 Å². The average Bonchev–Trinajstić information content (AvgIpc) is 3.00. The third kappa shape index (κ3) is 5.10. The van der Waals surface area contributed by atoms with Crippen LogP contribution in [0.1, 0.15) is 17.6 Å². The number of amides is 1. The largest absolute Gasteiger partial charge is 0.497 e. The van der Waals surface area contributed by atoms with Gasteiger partial charge in [0.05, 0.1) is 19.3 Å². The summed E-state index contributed by atoms with van der Waals surface area (Å²) in [7, 11) is 1.63. The predicted octanol–water partition coefficient (Wildman–Crippen LogP) is 3.27. The first-order chi connectivity index (χ1) is 11.1. The van der Waals surface area contributed by atoms with Crippen molar-refractivity contribution in [2.75, 3.05) is 13.7 Å². The van der Waals surface area contributed by atoms with Crippen molar-refractivity contribution >= 4 is 17.2 Å². The van der Waals surface area contributed by atoms with E-state index in [1.165, 1.54) is 11.3 Å². The molecule has 1 aromatic carbocycles. The van der Waals surface area contributed by atoms with Gasteiger partial charge in [0.1, 0.15) is 23.1 Å². The normalized spacial score (nSPS) is 10.2. The molecule has 2 aromatic rings. The summed E-state index contributed by atoms with van der Waals surface area (Å²) in [5.74, 6) is 1.56. The minimum atomic E-state index is 0.00827. The quantitative estimate of drug-likeness (QED) is 0.696. The van der Waals surface area contributed by atoms with E-state index in [0.717, 1.165) is 22.2 Å². The molecule has 0 atom stereocenters. The molecule has 0 N–H and O–H groups in total. The second-order valence-electron chi connectivity index (χ2n) is 4.89. The minimum Gasteiger partial charge on any atom is -0.497 e. The summed E-state index contributed by atoms with van der Waals surface area (Å²) >= 11 is 1.52. The Labute approximate surface area is 140 Å². The van der Waals surface area contributed by atoms with Gasteiger partial charge in [-0.1, -0.05) is 6.08 Å². The summed E-state index contributed by atoms with van der Waals surface area (Å²) in [5, 5.41) is 2.82. The number of nitrogens with zero attached hydrogens (tertiary/aromatic N) is 2. The molecule has 0 aliphatic carbocycles. The zero-order chi connectivity index (χ0) is 16.7. The zero-order valence-electron chi connectivity index (χ0n) is 13.3. The summed E-state index contributed by atoms with van der Waals surface area (Å²) in [6.45, 7) is 6.62. The monoisotopic (exact) mass is 332 g/mol. The smallest absolute Gasteiger partial charge is 0.220 e. The molecule has 1 heterocycles. The lowest BCUT2D eigenvalue weighted by Crippen LogP contribution is -2.28. The maximum Gasteiger partial charge on any atom is 0.220 e. The summed E-state index contributed by atoms with van der Waals surface area (Å²) < 4.78 is 10.8.